The highest BCUT2D eigenvalue weighted by Gasteiger charge is 2.18. The molecular formula is C19H23NO6. The van der Waals surface area contributed by atoms with Crippen LogP contribution < -0.4 is 14.8 Å². The van der Waals surface area contributed by atoms with Gasteiger partial charge >= 0.3 is 5.97 Å². The number of nitrogens with one attached hydrogen (secondary N) is 1. The van der Waals surface area contributed by atoms with Gasteiger partial charge in [0.25, 0.3) is 5.91 Å². The van der Waals surface area contributed by atoms with Crippen LogP contribution in [0, 0.1) is 5.92 Å². The van der Waals surface area contributed by atoms with Crippen LogP contribution in [-0.2, 0) is 0 Å². The lowest BCUT2D eigenvalue weighted by atomic mass is 10.1. The number of furan rings is 1. The van der Waals surface area contributed by atoms with E-state index in [1.165, 1.54) is 12.1 Å². The highest BCUT2D eigenvalue weighted by molar-refractivity contribution is 5.93. The smallest absolute Gasteiger partial charge is 0.371 e. The summed E-state index contributed by atoms with van der Waals surface area (Å²) in [6.45, 7) is 6.50. The molecule has 2 rings (SSSR count). The number of hydrogen-bond donors (Lipinski definition) is 2. The Morgan fingerprint density at radius 1 is 1.12 bits per heavy atom. The van der Waals surface area contributed by atoms with Gasteiger partial charge in [0.1, 0.15) is 0 Å². The van der Waals surface area contributed by atoms with E-state index in [-0.39, 0.29) is 17.6 Å². The van der Waals surface area contributed by atoms with E-state index in [1.807, 2.05) is 13.0 Å². The fraction of sp³-hybridized carbons (Fsp3) is 0.368. The maximum Gasteiger partial charge on any atom is 0.371 e. The normalized spacial score (nSPS) is 11.9. The first-order valence-corrected chi connectivity index (χ1v) is 8.26. The Morgan fingerprint density at radius 3 is 2.38 bits per heavy atom. The van der Waals surface area contributed by atoms with Crippen LogP contribution in [0.4, 0.5) is 0 Å². The monoisotopic (exact) mass is 361 g/mol. The Bertz CT molecular complexity index is 780. The first-order valence-electron chi connectivity index (χ1n) is 8.26. The van der Waals surface area contributed by atoms with Crippen molar-refractivity contribution < 1.29 is 28.6 Å². The van der Waals surface area contributed by atoms with Gasteiger partial charge in [0.2, 0.25) is 5.76 Å². The van der Waals surface area contributed by atoms with E-state index >= 15 is 0 Å². The minimum atomic E-state index is -1.22. The van der Waals surface area contributed by atoms with E-state index in [2.05, 4.69) is 19.2 Å². The number of methoxy groups -OCH3 is 1. The van der Waals surface area contributed by atoms with E-state index in [0.29, 0.717) is 24.0 Å². The molecule has 0 aliphatic rings. The molecule has 0 aliphatic carbocycles. The zero-order chi connectivity index (χ0) is 19.3. The van der Waals surface area contributed by atoms with Gasteiger partial charge < -0.3 is 24.3 Å². The van der Waals surface area contributed by atoms with E-state index in [4.69, 9.17) is 19.0 Å². The van der Waals surface area contributed by atoms with Gasteiger partial charge in [0.15, 0.2) is 17.3 Å². The van der Waals surface area contributed by atoms with E-state index in [0.717, 1.165) is 5.56 Å². The largest absolute Gasteiger partial charge is 0.493 e. The number of hydrogen-bond acceptors (Lipinski definition) is 5. The van der Waals surface area contributed by atoms with Crippen LogP contribution in [0.15, 0.2) is 34.7 Å². The zero-order valence-corrected chi connectivity index (χ0v) is 15.2. The number of carbonyl (C=O) groups is 2. The van der Waals surface area contributed by atoms with Gasteiger partial charge in [0.05, 0.1) is 19.8 Å². The fourth-order valence-electron chi connectivity index (χ4n) is 2.26. The molecule has 0 radical (unpaired) electrons. The highest BCUT2D eigenvalue weighted by Crippen LogP contribution is 2.30. The van der Waals surface area contributed by atoms with Crippen molar-refractivity contribution in [3.63, 3.8) is 0 Å². The van der Waals surface area contributed by atoms with Gasteiger partial charge in [-0.05, 0) is 42.7 Å². The Kier molecular flexibility index (Phi) is 6.27. The predicted octanol–water partition coefficient (Wildman–Crippen LogP) is 3.51. The number of amides is 1. The topological polar surface area (TPSA) is 98.0 Å². The lowest BCUT2D eigenvalue weighted by molar-refractivity contribution is 0.0659. The maximum atomic E-state index is 12.2. The third-order valence-corrected chi connectivity index (χ3v) is 3.65. The van der Waals surface area contributed by atoms with Crippen LogP contribution >= 0.6 is 0 Å². The molecule has 0 saturated heterocycles. The third kappa shape index (κ3) is 4.78. The molecule has 0 aliphatic heterocycles. The van der Waals surface area contributed by atoms with Crippen LogP contribution in [0.3, 0.4) is 0 Å². The Morgan fingerprint density at radius 2 is 1.81 bits per heavy atom. The molecule has 7 heteroatoms. The second kappa shape index (κ2) is 8.42. The van der Waals surface area contributed by atoms with E-state index in [9.17, 15) is 9.59 Å². The number of aromatic carboxylic acids is 1. The van der Waals surface area contributed by atoms with Gasteiger partial charge in [0, 0.05) is 0 Å². The molecule has 140 valence electrons. The molecule has 1 heterocycles. The quantitative estimate of drug-likeness (QED) is 0.747. The second-order valence-corrected chi connectivity index (χ2v) is 6.28. The van der Waals surface area contributed by atoms with E-state index in [1.54, 1.807) is 19.2 Å². The molecule has 2 N–H and O–H groups in total. The molecule has 0 bridgehead atoms. The van der Waals surface area contributed by atoms with Crippen molar-refractivity contribution in [3.8, 4) is 11.5 Å². The standard InChI is InChI=1S/C19H23NO6/c1-11(2)10-25-14-6-5-13(9-17(14)24-4)12(3)20-18(21)15-7-8-16(26-15)19(22)23/h5-9,11-12H,10H2,1-4H3,(H,20,21)(H,22,23). The zero-order valence-electron chi connectivity index (χ0n) is 15.2. The molecule has 7 nitrogen and oxygen atoms in total. The number of benzene rings is 1. The molecular weight excluding hydrogens is 338 g/mol. The maximum absolute atomic E-state index is 12.2. The summed E-state index contributed by atoms with van der Waals surface area (Å²) in [7, 11) is 1.56. The number of carboxylic acids is 1. The van der Waals surface area contributed by atoms with Crippen molar-refractivity contribution >= 4 is 11.9 Å². The Hall–Kier alpha value is -2.96. The minimum absolute atomic E-state index is 0.0573. The van der Waals surface area contributed by atoms with Gasteiger partial charge in [-0.15, -0.1) is 0 Å². The number of carbonyl (C=O) groups excluding carboxylic acids is 1. The summed E-state index contributed by atoms with van der Waals surface area (Å²) in [5.74, 6) is -0.449. The predicted molar refractivity (Wildman–Crippen MR) is 94.9 cm³/mol. The first kappa shape index (κ1) is 19.4. The summed E-state index contributed by atoms with van der Waals surface area (Å²) >= 11 is 0. The van der Waals surface area contributed by atoms with Gasteiger partial charge in [-0.2, -0.15) is 0 Å². The number of rotatable bonds is 8. The summed E-state index contributed by atoms with van der Waals surface area (Å²) in [4.78, 5) is 23.0. The van der Waals surface area contributed by atoms with Gasteiger partial charge in [-0.1, -0.05) is 19.9 Å². The van der Waals surface area contributed by atoms with Gasteiger partial charge in [-0.3, -0.25) is 4.79 Å². The molecule has 1 amide bonds. The summed E-state index contributed by atoms with van der Waals surface area (Å²) in [5.41, 5.74) is 0.817. The van der Waals surface area contributed by atoms with Crippen LogP contribution in [0.25, 0.3) is 0 Å². The van der Waals surface area contributed by atoms with Gasteiger partial charge in [-0.25, -0.2) is 4.79 Å². The molecule has 1 unspecified atom stereocenters. The summed E-state index contributed by atoms with van der Waals surface area (Å²) in [6, 6.07) is 7.67. The molecule has 26 heavy (non-hydrogen) atoms. The SMILES string of the molecule is COc1cc(C(C)NC(=O)c2ccc(C(=O)O)o2)ccc1OCC(C)C. The molecule has 0 fully saturated rings. The van der Waals surface area contributed by atoms with Crippen molar-refractivity contribution in [1.29, 1.82) is 0 Å². The lowest BCUT2D eigenvalue weighted by Crippen LogP contribution is -2.26. The van der Waals surface area contributed by atoms with Crippen LogP contribution in [0.1, 0.15) is 53.5 Å². The number of carboxylic acid groups (broad SMARTS) is 1. The summed E-state index contributed by atoms with van der Waals surface area (Å²) in [5, 5.41) is 11.6. The van der Waals surface area contributed by atoms with Crippen molar-refractivity contribution in [2.24, 2.45) is 5.92 Å². The molecule has 1 atom stereocenters. The van der Waals surface area contributed by atoms with Crippen molar-refractivity contribution in [2.75, 3.05) is 13.7 Å². The molecule has 2 aromatic rings. The Balaban J connectivity index is 2.09. The van der Waals surface area contributed by atoms with Crippen molar-refractivity contribution in [3.05, 3.63) is 47.4 Å². The number of ether oxygens (including phenoxy) is 2. The third-order valence-electron chi connectivity index (χ3n) is 3.65. The lowest BCUT2D eigenvalue weighted by Gasteiger charge is -2.17. The van der Waals surface area contributed by atoms with Crippen molar-refractivity contribution in [2.45, 2.75) is 26.8 Å². The van der Waals surface area contributed by atoms with Crippen molar-refractivity contribution in [1.82, 2.24) is 5.32 Å². The molecule has 1 aromatic carbocycles. The molecule has 1 aromatic heterocycles. The summed E-state index contributed by atoms with van der Waals surface area (Å²) in [6.07, 6.45) is 0. The van der Waals surface area contributed by atoms with E-state index < -0.39 is 11.9 Å². The average Bonchev–Trinajstić information content (AvgIpc) is 3.10. The first-order chi connectivity index (χ1) is 12.3. The van der Waals surface area contributed by atoms with Crippen LogP contribution in [0.2, 0.25) is 0 Å². The van der Waals surface area contributed by atoms with Crippen LogP contribution in [0.5, 0.6) is 11.5 Å². The fourth-order valence-corrected chi connectivity index (χ4v) is 2.26. The van der Waals surface area contributed by atoms with Crippen LogP contribution in [-0.4, -0.2) is 30.7 Å². The average molecular weight is 361 g/mol. The second-order valence-electron chi connectivity index (χ2n) is 6.28. The summed E-state index contributed by atoms with van der Waals surface area (Å²) < 4.78 is 16.1. The molecule has 0 saturated carbocycles. The highest BCUT2D eigenvalue weighted by atomic mass is 16.5. The molecule has 0 spiro atoms. The minimum Gasteiger partial charge on any atom is -0.493 e. The Labute approximate surface area is 151 Å².